The molecule has 0 fully saturated rings. The van der Waals surface area contributed by atoms with E-state index in [1.54, 1.807) is 11.8 Å². The standard InChI is InChI=1S/C13H27NO2S/c1-10(11(9-15)17-5)14-12(16)7-6-8-13(2,3)4/h10-11,15H,6-9H2,1-5H3,(H,14,16). The maximum atomic E-state index is 11.7. The molecule has 2 unspecified atom stereocenters. The van der Waals surface area contributed by atoms with Crippen LogP contribution in [0.4, 0.5) is 0 Å². The molecule has 1 amide bonds. The van der Waals surface area contributed by atoms with E-state index in [9.17, 15) is 4.79 Å². The van der Waals surface area contributed by atoms with Crippen molar-refractivity contribution in [2.24, 2.45) is 5.41 Å². The third-order valence-corrected chi connectivity index (χ3v) is 3.92. The Labute approximate surface area is 110 Å². The van der Waals surface area contributed by atoms with Crippen molar-refractivity contribution in [3.8, 4) is 0 Å². The fraction of sp³-hybridized carbons (Fsp3) is 0.923. The lowest BCUT2D eigenvalue weighted by Gasteiger charge is -2.22. The van der Waals surface area contributed by atoms with Gasteiger partial charge in [0.15, 0.2) is 0 Å². The van der Waals surface area contributed by atoms with Gasteiger partial charge < -0.3 is 10.4 Å². The van der Waals surface area contributed by atoms with Gasteiger partial charge in [0.2, 0.25) is 5.91 Å². The molecule has 0 saturated heterocycles. The zero-order chi connectivity index (χ0) is 13.5. The average molecular weight is 261 g/mol. The maximum Gasteiger partial charge on any atom is 0.220 e. The highest BCUT2D eigenvalue weighted by Crippen LogP contribution is 2.21. The lowest BCUT2D eigenvalue weighted by Crippen LogP contribution is -2.41. The molecule has 0 radical (unpaired) electrons. The van der Waals surface area contributed by atoms with Crippen LogP contribution in [0.5, 0.6) is 0 Å². The second-order valence-corrected chi connectivity index (χ2v) is 6.80. The summed E-state index contributed by atoms with van der Waals surface area (Å²) in [5.74, 6) is 0.0919. The van der Waals surface area contributed by atoms with Gasteiger partial charge in [-0.2, -0.15) is 11.8 Å². The Hall–Kier alpha value is -0.220. The van der Waals surface area contributed by atoms with Crippen LogP contribution in [0.25, 0.3) is 0 Å². The molecule has 0 aliphatic heterocycles. The molecule has 3 nitrogen and oxygen atoms in total. The first-order valence-electron chi connectivity index (χ1n) is 6.23. The SMILES string of the molecule is CSC(CO)C(C)NC(=O)CCCC(C)(C)C. The van der Waals surface area contributed by atoms with Gasteiger partial charge in [-0.3, -0.25) is 4.79 Å². The van der Waals surface area contributed by atoms with Gasteiger partial charge in [-0.1, -0.05) is 20.8 Å². The molecular weight excluding hydrogens is 234 g/mol. The Morgan fingerprint density at radius 2 is 2.00 bits per heavy atom. The minimum Gasteiger partial charge on any atom is -0.395 e. The number of hydrogen-bond donors (Lipinski definition) is 2. The number of rotatable bonds is 7. The van der Waals surface area contributed by atoms with Crippen LogP contribution in [-0.2, 0) is 4.79 Å². The number of nitrogens with one attached hydrogen (secondary N) is 1. The number of hydrogen-bond acceptors (Lipinski definition) is 3. The zero-order valence-electron chi connectivity index (χ0n) is 11.7. The predicted molar refractivity (Wildman–Crippen MR) is 75.3 cm³/mol. The number of aliphatic hydroxyl groups is 1. The average Bonchev–Trinajstić information content (AvgIpc) is 2.17. The van der Waals surface area contributed by atoms with Gasteiger partial charge in [-0.25, -0.2) is 0 Å². The van der Waals surface area contributed by atoms with Gasteiger partial charge in [0.1, 0.15) is 0 Å². The Kier molecular flexibility index (Phi) is 7.88. The summed E-state index contributed by atoms with van der Waals surface area (Å²) in [6.45, 7) is 8.60. The molecule has 2 atom stereocenters. The molecule has 0 saturated carbocycles. The quantitative estimate of drug-likeness (QED) is 0.740. The molecule has 0 aliphatic rings. The lowest BCUT2D eigenvalue weighted by atomic mass is 9.90. The van der Waals surface area contributed by atoms with E-state index in [0.717, 1.165) is 12.8 Å². The number of carbonyl (C=O) groups excluding carboxylic acids is 1. The van der Waals surface area contributed by atoms with Crippen molar-refractivity contribution in [3.05, 3.63) is 0 Å². The largest absolute Gasteiger partial charge is 0.395 e. The van der Waals surface area contributed by atoms with Crippen LogP contribution < -0.4 is 5.32 Å². The van der Waals surface area contributed by atoms with Gasteiger partial charge in [0.25, 0.3) is 0 Å². The zero-order valence-corrected chi connectivity index (χ0v) is 12.6. The summed E-state index contributed by atoms with van der Waals surface area (Å²) < 4.78 is 0. The number of thioether (sulfide) groups is 1. The summed E-state index contributed by atoms with van der Waals surface area (Å²) in [4.78, 5) is 11.7. The number of amides is 1. The third kappa shape index (κ3) is 8.50. The van der Waals surface area contributed by atoms with Gasteiger partial charge in [-0.05, 0) is 31.4 Å². The summed E-state index contributed by atoms with van der Waals surface area (Å²) in [5, 5.41) is 12.2. The number of carbonyl (C=O) groups is 1. The van der Waals surface area contributed by atoms with Crippen LogP contribution in [0.1, 0.15) is 47.0 Å². The van der Waals surface area contributed by atoms with E-state index in [1.165, 1.54) is 0 Å². The summed E-state index contributed by atoms with van der Waals surface area (Å²) in [6, 6.07) is 0.0251. The van der Waals surface area contributed by atoms with E-state index in [2.05, 4.69) is 26.1 Å². The molecular formula is C13H27NO2S. The predicted octanol–water partition coefficient (Wildman–Crippen LogP) is 2.43. The summed E-state index contributed by atoms with van der Waals surface area (Å²) in [5.41, 5.74) is 0.290. The molecule has 0 rings (SSSR count). The molecule has 4 heteroatoms. The van der Waals surface area contributed by atoms with Gasteiger partial charge in [-0.15, -0.1) is 0 Å². The van der Waals surface area contributed by atoms with Crippen molar-refractivity contribution < 1.29 is 9.90 Å². The smallest absolute Gasteiger partial charge is 0.220 e. The highest BCUT2D eigenvalue weighted by Gasteiger charge is 2.17. The minimum atomic E-state index is 0.0251. The van der Waals surface area contributed by atoms with Gasteiger partial charge in [0.05, 0.1) is 6.61 Å². The van der Waals surface area contributed by atoms with Gasteiger partial charge >= 0.3 is 0 Å². The highest BCUT2D eigenvalue weighted by atomic mass is 32.2. The van der Waals surface area contributed by atoms with Gasteiger partial charge in [0, 0.05) is 17.7 Å². The van der Waals surface area contributed by atoms with Crippen molar-refractivity contribution in [3.63, 3.8) is 0 Å². The van der Waals surface area contributed by atoms with Crippen LogP contribution in [-0.4, -0.2) is 35.2 Å². The normalized spacial score (nSPS) is 15.4. The fourth-order valence-electron chi connectivity index (χ4n) is 1.64. The molecule has 102 valence electrons. The van der Waals surface area contributed by atoms with Crippen LogP contribution in [0, 0.1) is 5.41 Å². The minimum absolute atomic E-state index is 0.0251. The van der Waals surface area contributed by atoms with E-state index in [4.69, 9.17) is 5.11 Å². The van der Waals surface area contributed by atoms with Crippen molar-refractivity contribution in [2.75, 3.05) is 12.9 Å². The molecule has 0 bridgehead atoms. The van der Waals surface area contributed by atoms with Crippen molar-refractivity contribution >= 4 is 17.7 Å². The molecule has 0 spiro atoms. The summed E-state index contributed by atoms with van der Waals surface area (Å²) in [7, 11) is 0. The monoisotopic (exact) mass is 261 g/mol. The second-order valence-electron chi connectivity index (χ2n) is 5.73. The van der Waals surface area contributed by atoms with Crippen LogP contribution in [0.2, 0.25) is 0 Å². The third-order valence-electron chi connectivity index (χ3n) is 2.76. The molecule has 17 heavy (non-hydrogen) atoms. The molecule has 0 aromatic carbocycles. The summed E-state index contributed by atoms with van der Waals surface area (Å²) >= 11 is 1.58. The van der Waals surface area contributed by atoms with E-state index < -0.39 is 0 Å². The van der Waals surface area contributed by atoms with Crippen molar-refractivity contribution in [1.82, 2.24) is 5.32 Å². The Bertz CT molecular complexity index is 222. The summed E-state index contributed by atoms with van der Waals surface area (Å²) in [6.07, 6.45) is 4.50. The highest BCUT2D eigenvalue weighted by molar-refractivity contribution is 7.99. The molecule has 0 heterocycles. The molecule has 2 N–H and O–H groups in total. The number of aliphatic hydroxyl groups excluding tert-OH is 1. The van der Waals surface area contributed by atoms with Crippen LogP contribution in [0.15, 0.2) is 0 Å². The van der Waals surface area contributed by atoms with Crippen LogP contribution in [0.3, 0.4) is 0 Å². The van der Waals surface area contributed by atoms with E-state index in [0.29, 0.717) is 11.8 Å². The molecule has 0 aromatic heterocycles. The lowest BCUT2D eigenvalue weighted by molar-refractivity contribution is -0.121. The van der Waals surface area contributed by atoms with E-state index in [-0.39, 0.29) is 23.8 Å². The van der Waals surface area contributed by atoms with Crippen molar-refractivity contribution in [2.45, 2.75) is 58.2 Å². The molecule has 0 aliphatic carbocycles. The first-order valence-corrected chi connectivity index (χ1v) is 7.52. The molecule has 0 aromatic rings. The van der Waals surface area contributed by atoms with Crippen LogP contribution >= 0.6 is 11.8 Å². The van der Waals surface area contributed by atoms with E-state index >= 15 is 0 Å². The Morgan fingerprint density at radius 1 is 1.41 bits per heavy atom. The fourth-order valence-corrected chi connectivity index (χ4v) is 2.26. The Morgan fingerprint density at radius 3 is 2.41 bits per heavy atom. The first-order chi connectivity index (χ1) is 7.80. The van der Waals surface area contributed by atoms with Crippen molar-refractivity contribution in [1.29, 1.82) is 0 Å². The first kappa shape index (κ1) is 16.8. The topological polar surface area (TPSA) is 49.3 Å². The second kappa shape index (κ2) is 7.98. The Balaban J connectivity index is 3.86. The van der Waals surface area contributed by atoms with E-state index in [1.807, 2.05) is 13.2 Å². The maximum absolute atomic E-state index is 11.7.